The number of halogens is 1. The zero-order chi connectivity index (χ0) is 13.9. The van der Waals surface area contributed by atoms with Crippen molar-refractivity contribution in [1.82, 2.24) is 20.5 Å². The van der Waals surface area contributed by atoms with Gasteiger partial charge in [0, 0.05) is 6.20 Å². The average Bonchev–Trinajstić information content (AvgIpc) is 3.09. The number of rotatable bonds is 3. The summed E-state index contributed by atoms with van der Waals surface area (Å²) in [5.41, 5.74) is 0.230. The topological polar surface area (TPSA) is 92.9 Å². The molecule has 20 heavy (non-hydrogen) atoms. The fourth-order valence-electron chi connectivity index (χ4n) is 1.99. The van der Waals surface area contributed by atoms with Crippen LogP contribution in [0.5, 0.6) is 0 Å². The van der Waals surface area contributed by atoms with Crippen LogP contribution in [0.15, 0.2) is 22.7 Å². The number of hydrogen-bond acceptors (Lipinski definition) is 6. The van der Waals surface area contributed by atoms with Gasteiger partial charge >= 0.3 is 6.01 Å². The number of aromatic nitrogens is 3. The first-order valence-electron chi connectivity index (χ1n) is 6.22. The van der Waals surface area contributed by atoms with E-state index in [-0.39, 0.29) is 17.8 Å². The highest BCUT2D eigenvalue weighted by Crippen LogP contribution is 2.22. The maximum absolute atomic E-state index is 11.9. The van der Waals surface area contributed by atoms with Gasteiger partial charge in [0.15, 0.2) is 0 Å². The van der Waals surface area contributed by atoms with Crippen molar-refractivity contribution in [3.8, 4) is 0 Å². The molecule has 1 atom stereocenters. The van der Waals surface area contributed by atoms with Crippen molar-refractivity contribution in [2.75, 3.05) is 11.9 Å². The van der Waals surface area contributed by atoms with Gasteiger partial charge in [0.25, 0.3) is 5.91 Å². The molecule has 1 saturated heterocycles. The molecule has 2 aromatic heterocycles. The van der Waals surface area contributed by atoms with Crippen LogP contribution in [0.2, 0.25) is 5.02 Å². The van der Waals surface area contributed by atoms with Gasteiger partial charge in [-0.2, -0.15) is 0 Å². The van der Waals surface area contributed by atoms with E-state index in [1.807, 2.05) is 0 Å². The van der Waals surface area contributed by atoms with Crippen LogP contribution in [0.4, 0.5) is 6.01 Å². The van der Waals surface area contributed by atoms with Crippen molar-refractivity contribution in [1.29, 1.82) is 0 Å². The van der Waals surface area contributed by atoms with E-state index < -0.39 is 5.91 Å². The Morgan fingerprint density at radius 3 is 3.05 bits per heavy atom. The Bertz CT molecular complexity index is 607. The molecule has 0 radical (unpaired) electrons. The molecule has 1 aliphatic heterocycles. The lowest BCUT2D eigenvalue weighted by atomic mass is 10.2. The summed E-state index contributed by atoms with van der Waals surface area (Å²) >= 11 is 5.71. The first-order chi connectivity index (χ1) is 9.72. The summed E-state index contributed by atoms with van der Waals surface area (Å²) in [4.78, 5) is 15.8. The Balaban J connectivity index is 1.68. The van der Waals surface area contributed by atoms with Crippen LogP contribution in [-0.2, 0) is 0 Å². The molecule has 2 N–H and O–H groups in total. The van der Waals surface area contributed by atoms with Crippen LogP contribution in [0.1, 0.15) is 35.3 Å². The number of nitrogens with one attached hydrogen (secondary N) is 2. The maximum atomic E-state index is 11.9. The predicted molar refractivity (Wildman–Crippen MR) is 71.5 cm³/mol. The maximum Gasteiger partial charge on any atom is 0.322 e. The Kier molecular flexibility index (Phi) is 3.62. The third-order valence-electron chi connectivity index (χ3n) is 2.98. The third kappa shape index (κ3) is 2.78. The van der Waals surface area contributed by atoms with E-state index >= 15 is 0 Å². The molecule has 1 amide bonds. The lowest BCUT2D eigenvalue weighted by Crippen LogP contribution is -2.14. The summed E-state index contributed by atoms with van der Waals surface area (Å²) in [7, 11) is 0. The van der Waals surface area contributed by atoms with Crippen molar-refractivity contribution < 1.29 is 9.21 Å². The van der Waals surface area contributed by atoms with Crippen LogP contribution < -0.4 is 10.6 Å². The Hall–Kier alpha value is -1.99. The number of hydrogen-bond donors (Lipinski definition) is 2. The number of carbonyl (C=O) groups is 1. The highest BCUT2D eigenvalue weighted by Gasteiger charge is 2.22. The van der Waals surface area contributed by atoms with Crippen molar-refractivity contribution in [2.24, 2.45) is 0 Å². The largest absolute Gasteiger partial charge is 0.406 e. The minimum Gasteiger partial charge on any atom is -0.406 e. The molecule has 0 aromatic carbocycles. The molecule has 8 heteroatoms. The van der Waals surface area contributed by atoms with Crippen LogP contribution >= 0.6 is 11.6 Å². The molecule has 0 aliphatic carbocycles. The summed E-state index contributed by atoms with van der Waals surface area (Å²) in [6.45, 7) is 0.934. The fraction of sp³-hybridized carbons (Fsp3) is 0.333. The molecule has 0 bridgehead atoms. The van der Waals surface area contributed by atoms with Gasteiger partial charge in [0.2, 0.25) is 5.89 Å². The smallest absolute Gasteiger partial charge is 0.322 e. The number of pyridine rings is 1. The molecular weight excluding hydrogens is 282 g/mol. The molecule has 0 spiro atoms. The van der Waals surface area contributed by atoms with Crippen LogP contribution in [0.25, 0.3) is 0 Å². The Labute approximate surface area is 119 Å². The standard InChI is InChI=1S/C12H12ClN5O2/c13-7-3-4-8(15-6-7)10(19)16-12-18-17-11(20-12)9-2-1-5-14-9/h3-4,6,9,14H,1-2,5H2,(H,16,18,19). The molecule has 3 rings (SSSR count). The number of amides is 1. The molecule has 1 aliphatic rings. The summed E-state index contributed by atoms with van der Waals surface area (Å²) in [6, 6.07) is 3.25. The van der Waals surface area contributed by atoms with Gasteiger partial charge in [-0.15, -0.1) is 5.10 Å². The second-order valence-corrected chi connectivity index (χ2v) is 4.85. The van der Waals surface area contributed by atoms with E-state index in [9.17, 15) is 4.79 Å². The van der Waals surface area contributed by atoms with E-state index in [0.717, 1.165) is 19.4 Å². The van der Waals surface area contributed by atoms with E-state index in [1.54, 1.807) is 6.07 Å². The zero-order valence-corrected chi connectivity index (χ0v) is 11.2. The van der Waals surface area contributed by atoms with E-state index in [0.29, 0.717) is 10.9 Å². The lowest BCUT2D eigenvalue weighted by molar-refractivity contribution is 0.101. The molecule has 104 valence electrons. The minimum absolute atomic E-state index is 0.0652. The quantitative estimate of drug-likeness (QED) is 0.896. The second kappa shape index (κ2) is 5.56. The van der Waals surface area contributed by atoms with Gasteiger partial charge in [-0.1, -0.05) is 16.7 Å². The monoisotopic (exact) mass is 293 g/mol. The first kappa shape index (κ1) is 13.0. The van der Waals surface area contributed by atoms with Crippen molar-refractivity contribution in [2.45, 2.75) is 18.9 Å². The summed E-state index contributed by atoms with van der Waals surface area (Å²) in [5.74, 6) is 0.0677. The first-order valence-corrected chi connectivity index (χ1v) is 6.60. The fourth-order valence-corrected chi connectivity index (χ4v) is 2.10. The molecular formula is C12H12ClN5O2. The summed E-state index contributed by atoms with van der Waals surface area (Å²) in [5, 5.41) is 13.9. The van der Waals surface area contributed by atoms with Crippen LogP contribution in [0, 0.1) is 0 Å². The Morgan fingerprint density at radius 2 is 2.35 bits per heavy atom. The van der Waals surface area contributed by atoms with Crippen molar-refractivity contribution in [3.05, 3.63) is 34.9 Å². The van der Waals surface area contributed by atoms with E-state index in [1.165, 1.54) is 12.3 Å². The third-order valence-corrected chi connectivity index (χ3v) is 3.20. The van der Waals surface area contributed by atoms with Gasteiger partial charge in [-0.25, -0.2) is 4.98 Å². The summed E-state index contributed by atoms with van der Waals surface area (Å²) in [6.07, 6.45) is 3.43. The number of nitrogens with zero attached hydrogens (tertiary/aromatic N) is 3. The van der Waals surface area contributed by atoms with E-state index in [2.05, 4.69) is 25.8 Å². The Morgan fingerprint density at radius 1 is 1.45 bits per heavy atom. The highest BCUT2D eigenvalue weighted by molar-refractivity contribution is 6.30. The van der Waals surface area contributed by atoms with Crippen molar-refractivity contribution >= 4 is 23.5 Å². The van der Waals surface area contributed by atoms with Crippen LogP contribution in [-0.4, -0.2) is 27.6 Å². The van der Waals surface area contributed by atoms with Gasteiger partial charge < -0.3 is 9.73 Å². The van der Waals surface area contributed by atoms with Gasteiger partial charge in [-0.05, 0) is 31.5 Å². The lowest BCUT2D eigenvalue weighted by Gasteiger charge is -2.02. The molecule has 2 aromatic rings. The van der Waals surface area contributed by atoms with Gasteiger partial charge in [-0.3, -0.25) is 10.1 Å². The van der Waals surface area contributed by atoms with Crippen LogP contribution in [0.3, 0.4) is 0 Å². The normalized spacial score (nSPS) is 18.1. The number of anilines is 1. The molecule has 1 fully saturated rings. The second-order valence-electron chi connectivity index (χ2n) is 4.41. The average molecular weight is 294 g/mol. The molecule has 1 unspecified atom stereocenters. The predicted octanol–water partition coefficient (Wildman–Crippen LogP) is 1.79. The van der Waals surface area contributed by atoms with Gasteiger partial charge in [0.1, 0.15) is 5.69 Å². The highest BCUT2D eigenvalue weighted by atomic mass is 35.5. The molecule has 0 saturated carbocycles. The molecule has 3 heterocycles. The summed E-state index contributed by atoms with van der Waals surface area (Å²) < 4.78 is 5.41. The SMILES string of the molecule is O=C(Nc1nnc(C2CCCN2)o1)c1ccc(Cl)cn1. The van der Waals surface area contributed by atoms with Gasteiger partial charge in [0.05, 0.1) is 11.1 Å². The number of carbonyl (C=O) groups excluding carboxylic acids is 1. The molecule has 7 nitrogen and oxygen atoms in total. The van der Waals surface area contributed by atoms with Crippen molar-refractivity contribution in [3.63, 3.8) is 0 Å². The van der Waals surface area contributed by atoms with E-state index in [4.69, 9.17) is 16.0 Å². The zero-order valence-electron chi connectivity index (χ0n) is 10.5. The minimum atomic E-state index is -0.420.